The summed E-state index contributed by atoms with van der Waals surface area (Å²) < 4.78 is 18.7. The highest BCUT2D eigenvalue weighted by Gasteiger charge is 2.11. The molecule has 0 unspecified atom stereocenters. The van der Waals surface area contributed by atoms with Crippen LogP contribution in [-0.2, 0) is 19.4 Å². The molecular weight excluding hydrogens is 291 g/mol. The molecule has 3 nitrogen and oxygen atoms in total. The van der Waals surface area contributed by atoms with Gasteiger partial charge in [0, 0.05) is 30.1 Å². The minimum Gasteiger partial charge on any atom is -0.493 e. The predicted molar refractivity (Wildman–Crippen MR) is 89.3 cm³/mol. The van der Waals surface area contributed by atoms with E-state index in [0.29, 0.717) is 0 Å². The predicted octanol–water partition coefficient (Wildman–Crippen LogP) is 3.57. The molecule has 2 heterocycles. The molecule has 0 amide bonds. The number of hydrogen-bond donors (Lipinski definition) is 2. The Labute approximate surface area is 134 Å². The van der Waals surface area contributed by atoms with Gasteiger partial charge in [-0.3, -0.25) is 0 Å². The SMILES string of the molecule is Fc1ccc2c(CCNCc3ccc4c(c3)CCO4)c[nH]c2c1. The quantitative estimate of drug-likeness (QED) is 0.707. The molecule has 23 heavy (non-hydrogen) atoms. The van der Waals surface area contributed by atoms with Crippen molar-refractivity contribution < 1.29 is 9.13 Å². The molecule has 0 spiro atoms. The van der Waals surface area contributed by atoms with E-state index < -0.39 is 0 Å². The Hall–Kier alpha value is -2.33. The molecule has 4 rings (SSSR count). The fourth-order valence-electron chi connectivity index (χ4n) is 3.17. The first kappa shape index (κ1) is 14.3. The number of benzene rings is 2. The summed E-state index contributed by atoms with van der Waals surface area (Å²) >= 11 is 0. The zero-order valence-corrected chi connectivity index (χ0v) is 12.9. The summed E-state index contributed by atoms with van der Waals surface area (Å²) in [6.45, 7) is 2.54. The van der Waals surface area contributed by atoms with Crippen molar-refractivity contribution in [3.8, 4) is 5.75 Å². The van der Waals surface area contributed by atoms with Gasteiger partial charge in [-0.15, -0.1) is 0 Å². The molecule has 1 aromatic heterocycles. The Morgan fingerprint density at radius 1 is 1.17 bits per heavy atom. The zero-order valence-electron chi connectivity index (χ0n) is 12.9. The van der Waals surface area contributed by atoms with Crippen molar-refractivity contribution in [2.24, 2.45) is 0 Å². The molecule has 118 valence electrons. The van der Waals surface area contributed by atoms with E-state index in [1.165, 1.54) is 22.8 Å². The van der Waals surface area contributed by atoms with Gasteiger partial charge in [0.05, 0.1) is 6.61 Å². The van der Waals surface area contributed by atoms with Crippen LogP contribution in [0.3, 0.4) is 0 Å². The van der Waals surface area contributed by atoms with Crippen LogP contribution in [0.2, 0.25) is 0 Å². The lowest BCUT2D eigenvalue weighted by Crippen LogP contribution is -2.16. The third-order valence-electron chi connectivity index (χ3n) is 4.38. The van der Waals surface area contributed by atoms with Crippen LogP contribution in [0.1, 0.15) is 16.7 Å². The third-order valence-corrected chi connectivity index (χ3v) is 4.38. The van der Waals surface area contributed by atoms with E-state index in [1.807, 2.05) is 12.3 Å². The van der Waals surface area contributed by atoms with Crippen molar-refractivity contribution in [3.05, 3.63) is 65.1 Å². The molecule has 2 N–H and O–H groups in total. The summed E-state index contributed by atoms with van der Waals surface area (Å²) in [6.07, 6.45) is 3.90. The number of H-pyrrole nitrogens is 1. The van der Waals surface area contributed by atoms with Crippen molar-refractivity contribution in [2.75, 3.05) is 13.2 Å². The monoisotopic (exact) mass is 310 g/mol. The molecule has 1 aliphatic rings. The number of nitrogens with one attached hydrogen (secondary N) is 2. The second-order valence-electron chi connectivity index (χ2n) is 5.97. The van der Waals surface area contributed by atoms with E-state index in [2.05, 4.69) is 28.5 Å². The first-order valence-corrected chi connectivity index (χ1v) is 8.00. The van der Waals surface area contributed by atoms with Crippen LogP contribution in [0, 0.1) is 5.82 Å². The molecular formula is C19H19FN2O. The molecule has 0 fully saturated rings. The van der Waals surface area contributed by atoms with Gasteiger partial charge in [0.1, 0.15) is 11.6 Å². The molecule has 0 saturated carbocycles. The number of fused-ring (bicyclic) bond motifs is 2. The summed E-state index contributed by atoms with van der Waals surface area (Å²) in [6, 6.07) is 11.3. The van der Waals surface area contributed by atoms with Gasteiger partial charge in [-0.05, 0) is 53.9 Å². The molecule has 0 bridgehead atoms. The van der Waals surface area contributed by atoms with Gasteiger partial charge in [0.15, 0.2) is 0 Å². The van der Waals surface area contributed by atoms with Crippen LogP contribution in [0.5, 0.6) is 5.75 Å². The molecule has 0 atom stereocenters. The zero-order chi connectivity index (χ0) is 15.6. The normalized spacial score (nSPS) is 13.3. The van der Waals surface area contributed by atoms with Crippen LogP contribution in [0.25, 0.3) is 10.9 Å². The molecule has 0 saturated heterocycles. The standard InChI is InChI=1S/C19H19FN2O/c20-16-2-3-17-15(12-22-18(17)10-16)5-7-21-11-13-1-4-19-14(9-13)6-8-23-19/h1-4,9-10,12,21-22H,5-8,11H2. The van der Waals surface area contributed by atoms with Gasteiger partial charge in [-0.2, -0.15) is 0 Å². The van der Waals surface area contributed by atoms with Gasteiger partial charge in [0.25, 0.3) is 0 Å². The lowest BCUT2D eigenvalue weighted by atomic mass is 10.1. The second kappa shape index (κ2) is 6.05. The maximum atomic E-state index is 13.2. The van der Waals surface area contributed by atoms with E-state index >= 15 is 0 Å². The average molecular weight is 310 g/mol. The fourth-order valence-corrected chi connectivity index (χ4v) is 3.17. The highest BCUT2D eigenvalue weighted by molar-refractivity contribution is 5.83. The van der Waals surface area contributed by atoms with Crippen molar-refractivity contribution in [1.82, 2.24) is 10.3 Å². The van der Waals surface area contributed by atoms with Crippen LogP contribution < -0.4 is 10.1 Å². The Morgan fingerprint density at radius 2 is 2.13 bits per heavy atom. The molecule has 1 aliphatic heterocycles. The molecule has 3 aromatic rings. The number of aromatic nitrogens is 1. The molecule has 0 aliphatic carbocycles. The van der Waals surface area contributed by atoms with E-state index in [9.17, 15) is 4.39 Å². The van der Waals surface area contributed by atoms with E-state index in [4.69, 9.17) is 4.74 Å². The minimum absolute atomic E-state index is 0.204. The summed E-state index contributed by atoms with van der Waals surface area (Å²) in [4.78, 5) is 3.13. The number of aromatic amines is 1. The fraction of sp³-hybridized carbons (Fsp3) is 0.263. The highest BCUT2D eigenvalue weighted by atomic mass is 19.1. The smallest absolute Gasteiger partial charge is 0.125 e. The molecule has 2 aromatic carbocycles. The van der Waals surface area contributed by atoms with Crippen LogP contribution in [-0.4, -0.2) is 18.1 Å². The van der Waals surface area contributed by atoms with E-state index in [1.54, 1.807) is 6.07 Å². The summed E-state index contributed by atoms with van der Waals surface area (Å²) in [5.41, 5.74) is 4.67. The Morgan fingerprint density at radius 3 is 3.09 bits per heavy atom. The Balaban J connectivity index is 1.34. The number of halogens is 1. The topological polar surface area (TPSA) is 37.0 Å². The van der Waals surface area contributed by atoms with Gasteiger partial charge < -0.3 is 15.0 Å². The number of rotatable bonds is 5. The second-order valence-corrected chi connectivity index (χ2v) is 5.97. The molecule has 0 radical (unpaired) electrons. The van der Waals surface area contributed by atoms with Crippen LogP contribution in [0.15, 0.2) is 42.6 Å². The highest BCUT2D eigenvalue weighted by Crippen LogP contribution is 2.25. The third kappa shape index (κ3) is 2.94. The summed E-state index contributed by atoms with van der Waals surface area (Å²) in [7, 11) is 0. The summed E-state index contributed by atoms with van der Waals surface area (Å²) in [5.74, 6) is 0.824. The average Bonchev–Trinajstić information content (AvgIpc) is 3.17. The maximum absolute atomic E-state index is 13.2. The largest absolute Gasteiger partial charge is 0.493 e. The lowest BCUT2D eigenvalue weighted by Gasteiger charge is -2.06. The van der Waals surface area contributed by atoms with Crippen molar-refractivity contribution in [2.45, 2.75) is 19.4 Å². The van der Waals surface area contributed by atoms with Crippen molar-refractivity contribution in [1.29, 1.82) is 0 Å². The van der Waals surface area contributed by atoms with Crippen LogP contribution >= 0.6 is 0 Å². The number of hydrogen-bond acceptors (Lipinski definition) is 2. The van der Waals surface area contributed by atoms with Crippen molar-refractivity contribution in [3.63, 3.8) is 0 Å². The van der Waals surface area contributed by atoms with Crippen molar-refractivity contribution >= 4 is 10.9 Å². The van der Waals surface area contributed by atoms with E-state index in [-0.39, 0.29) is 5.82 Å². The van der Waals surface area contributed by atoms with Gasteiger partial charge in [-0.1, -0.05) is 12.1 Å². The number of ether oxygens (including phenoxy) is 1. The Bertz CT molecular complexity index is 841. The van der Waals surface area contributed by atoms with Gasteiger partial charge >= 0.3 is 0 Å². The lowest BCUT2D eigenvalue weighted by molar-refractivity contribution is 0.357. The first-order chi connectivity index (χ1) is 11.3. The van der Waals surface area contributed by atoms with E-state index in [0.717, 1.165) is 49.2 Å². The van der Waals surface area contributed by atoms with Gasteiger partial charge in [0.2, 0.25) is 0 Å². The summed E-state index contributed by atoms with van der Waals surface area (Å²) in [5, 5.41) is 4.58. The first-order valence-electron chi connectivity index (χ1n) is 8.00. The maximum Gasteiger partial charge on any atom is 0.125 e. The van der Waals surface area contributed by atoms with Gasteiger partial charge in [-0.25, -0.2) is 4.39 Å². The molecule has 4 heteroatoms. The van der Waals surface area contributed by atoms with Crippen LogP contribution in [0.4, 0.5) is 4.39 Å². The minimum atomic E-state index is -0.204. The Kier molecular flexibility index (Phi) is 3.75.